The van der Waals surface area contributed by atoms with E-state index in [-0.39, 0.29) is 30.0 Å². The van der Waals surface area contributed by atoms with Gasteiger partial charge in [-0.15, -0.1) is 0 Å². The van der Waals surface area contributed by atoms with E-state index in [0.717, 1.165) is 5.56 Å². The van der Waals surface area contributed by atoms with Crippen molar-refractivity contribution in [1.82, 2.24) is 10.2 Å². The van der Waals surface area contributed by atoms with Crippen molar-refractivity contribution in [3.63, 3.8) is 0 Å². The number of carbonyl (C=O) groups excluding carboxylic acids is 3. The van der Waals surface area contributed by atoms with Crippen LogP contribution in [0.4, 0.5) is 14.9 Å². The number of hydrogen-bond acceptors (Lipinski definition) is 4. The van der Waals surface area contributed by atoms with E-state index in [2.05, 4.69) is 5.32 Å². The van der Waals surface area contributed by atoms with Crippen molar-refractivity contribution < 1.29 is 23.5 Å². The number of rotatable bonds is 7. The highest BCUT2D eigenvalue weighted by Crippen LogP contribution is 2.57. The molecule has 38 heavy (non-hydrogen) atoms. The summed E-state index contributed by atoms with van der Waals surface area (Å²) in [6.07, 6.45) is 1.32. The number of hydrogen-bond donors (Lipinski definition) is 1. The minimum absolute atomic E-state index is 0.0823. The lowest BCUT2D eigenvalue weighted by Gasteiger charge is -2.59. The molecule has 3 amide bonds. The first-order chi connectivity index (χ1) is 18.1. The molecule has 0 radical (unpaired) electrons. The third-order valence-corrected chi connectivity index (χ3v) is 7.99. The zero-order valence-electron chi connectivity index (χ0n) is 22.2. The maximum atomic E-state index is 14.0. The molecule has 2 aromatic rings. The number of anilines is 1. The van der Waals surface area contributed by atoms with Gasteiger partial charge >= 0.3 is 12.0 Å². The van der Waals surface area contributed by atoms with Gasteiger partial charge in [-0.3, -0.25) is 4.79 Å². The number of amides is 3. The van der Waals surface area contributed by atoms with Crippen LogP contribution in [0.5, 0.6) is 0 Å². The molecule has 1 spiro atoms. The quantitative estimate of drug-likeness (QED) is 0.357. The fraction of sp³-hybridized carbons (Fsp3) is 0.483. The summed E-state index contributed by atoms with van der Waals surface area (Å²) in [5.41, 5.74) is 0.689. The maximum Gasteiger partial charge on any atom is 0.329 e. The van der Waals surface area contributed by atoms with E-state index in [0.29, 0.717) is 43.1 Å². The third-order valence-electron chi connectivity index (χ3n) is 7.74. The Morgan fingerprint density at radius 3 is 2.37 bits per heavy atom. The van der Waals surface area contributed by atoms with Gasteiger partial charge in [0.2, 0.25) is 5.91 Å². The van der Waals surface area contributed by atoms with Gasteiger partial charge in [0.25, 0.3) is 0 Å². The van der Waals surface area contributed by atoms with Crippen LogP contribution in [0.2, 0.25) is 5.02 Å². The molecule has 4 rings (SSSR count). The molecule has 0 saturated carbocycles. The second-order valence-electron chi connectivity index (χ2n) is 10.6. The molecule has 2 aliphatic heterocycles. The number of halogens is 2. The molecule has 0 bridgehead atoms. The Bertz CT molecular complexity index is 1180. The fourth-order valence-corrected chi connectivity index (χ4v) is 5.58. The van der Waals surface area contributed by atoms with E-state index >= 15 is 0 Å². The number of β-lactam (4-membered cyclic amide) rings is 1. The van der Waals surface area contributed by atoms with Crippen LogP contribution >= 0.6 is 11.6 Å². The largest absolute Gasteiger partial charge is 0.461 e. The molecular formula is C29H35ClFN3O4. The van der Waals surface area contributed by atoms with Crippen molar-refractivity contribution in [2.24, 2.45) is 11.3 Å². The van der Waals surface area contributed by atoms with Crippen LogP contribution in [-0.4, -0.2) is 48.0 Å². The van der Waals surface area contributed by atoms with Gasteiger partial charge in [0.15, 0.2) is 0 Å². The molecule has 2 aromatic carbocycles. The Balaban J connectivity index is 1.52. The SMILES string of the molecule is CC[C@H](C)[C@H](NC(=O)N1CCC2(CC1)C(=O)N(c1cccc(F)c1)C2c1ccc(Cl)cc1)C(=O)OC(C)C. The maximum absolute atomic E-state index is 14.0. The number of benzene rings is 2. The van der Waals surface area contributed by atoms with E-state index in [9.17, 15) is 18.8 Å². The van der Waals surface area contributed by atoms with Gasteiger partial charge in [-0.2, -0.15) is 0 Å². The summed E-state index contributed by atoms with van der Waals surface area (Å²) in [4.78, 5) is 42.8. The Hall–Kier alpha value is -3.13. The average molecular weight is 544 g/mol. The molecule has 1 unspecified atom stereocenters. The molecule has 204 valence electrons. The highest BCUT2D eigenvalue weighted by Gasteiger charge is 2.62. The van der Waals surface area contributed by atoms with Crippen LogP contribution < -0.4 is 10.2 Å². The Morgan fingerprint density at radius 2 is 1.79 bits per heavy atom. The topological polar surface area (TPSA) is 79.0 Å². The Labute approximate surface area is 228 Å². The second-order valence-corrected chi connectivity index (χ2v) is 11.0. The number of ether oxygens (including phenoxy) is 1. The number of nitrogens with zero attached hydrogens (tertiary/aromatic N) is 2. The molecule has 2 saturated heterocycles. The first kappa shape index (κ1) is 27.9. The van der Waals surface area contributed by atoms with Crippen molar-refractivity contribution in [2.75, 3.05) is 18.0 Å². The molecule has 2 fully saturated rings. The van der Waals surface area contributed by atoms with Crippen molar-refractivity contribution in [2.45, 2.75) is 65.1 Å². The standard InChI is InChI=1S/C29H35ClFN3O4/c1-5-19(4)24(26(35)38-18(2)3)32-28(37)33-15-13-29(14-16-33)25(20-9-11-21(30)12-10-20)34(27(29)36)23-8-6-7-22(31)17-23/h6-12,17-19,24-25H,5,13-16H2,1-4H3,(H,32,37)/t19-,24-,25?/m0/s1. The van der Waals surface area contributed by atoms with Crippen molar-refractivity contribution >= 4 is 35.2 Å². The van der Waals surface area contributed by atoms with Crippen LogP contribution in [-0.2, 0) is 14.3 Å². The van der Waals surface area contributed by atoms with E-state index < -0.39 is 23.2 Å². The number of likely N-dealkylation sites (tertiary alicyclic amines) is 1. The van der Waals surface area contributed by atoms with Gasteiger partial charge in [0.05, 0.1) is 17.6 Å². The van der Waals surface area contributed by atoms with Gasteiger partial charge < -0.3 is 19.9 Å². The minimum Gasteiger partial charge on any atom is -0.461 e. The van der Waals surface area contributed by atoms with Gasteiger partial charge in [0.1, 0.15) is 11.9 Å². The first-order valence-corrected chi connectivity index (χ1v) is 13.6. The summed E-state index contributed by atoms with van der Waals surface area (Å²) in [6.45, 7) is 8.12. The van der Waals surface area contributed by atoms with E-state index in [1.54, 1.807) is 47.9 Å². The summed E-state index contributed by atoms with van der Waals surface area (Å²) in [6, 6.07) is 12.0. The van der Waals surface area contributed by atoms with Gasteiger partial charge in [-0.25, -0.2) is 14.0 Å². The lowest BCUT2D eigenvalue weighted by atomic mass is 9.62. The smallest absolute Gasteiger partial charge is 0.329 e. The van der Waals surface area contributed by atoms with Crippen LogP contribution in [0.25, 0.3) is 0 Å². The molecule has 2 aliphatic rings. The van der Waals surface area contributed by atoms with Crippen LogP contribution in [0.15, 0.2) is 48.5 Å². The number of piperidine rings is 1. The summed E-state index contributed by atoms with van der Waals surface area (Å²) >= 11 is 6.12. The molecule has 1 N–H and O–H groups in total. The zero-order chi connectivity index (χ0) is 27.6. The summed E-state index contributed by atoms with van der Waals surface area (Å²) < 4.78 is 19.4. The zero-order valence-corrected chi connectivity index (χ0v) is 23.0. The van der Waals surface area contributed by atoms with E-state index in [4.69, 9.17) is 16.3 Å². The van der Waals surface area contributed by atoms with Crippen molar-refractivity contribution in [3.05, 3.63) is 64.9 Å². The van der Waals surface area contributed by atoms with Crippen LogP contribution in [0.3, 0.4) is 0 Å². The summed E-state index contributed by atoms with van der Waals surface area (Å²) in [5, 5.41) is 3.46. The lowest BCUT2D eigenvalue weighted by Crippen LogP contribution is -2.67. The second kappa shape index (κ2) is 11.3. The predicted molar refractivity (Wildman–Crippen MR) is 144 cm³/mol. The third kappa shape index (κ3) is 5.37. The Morgan fingerprint density at radius 1 is 1.13 bits per heavy atom. The van der Waals surface area contributed by atoms with E-state index in [1.807, 2.05) is 26.0 Å². The highest BCUT2D eigenvalue weighted by atomic mass is 35.5. The molecular weight excluding hydrogens is 509 g/mol. The first-order valence-electron chi connectivity index (χ1n) is 13.2. The normalized spacial score (nSPS) is 20.2. The van der Waals surface area contributed by atoms with Crippen LogP contribution in [0, 0.1) is 17.2 Å². The molecule has 3 atom stereocenters. The molecule has 2 heterocycles. The summed E-state index contributed by atoms with van der Waals surface area (Å²) in [7, 11) is 0. The van der Waals surface area contributed by atoms with Gasteiger partial charge in [0, 0.05) is 23.8 Å². The average Bonchev–Trinajstić information content (AvgIpc) is 2.89. The molecule has 7 nitrogen and oxygen atoms in total. The number of esters is 1. The molecule has 0 aliphatic carbocycles. The van der Waals surface area contributed by atoms with E-state index in [1.165, 1.54) is 12.1 Å². The minimum atomic E-state index is -0.749. The fourth-order valence-electron chi connectivity index (χ4n) is 5.46. The Kier molecular flexibility index (Phi) is 8.31. The van der Waals surface area contributed by atoms with Gasteiger partial charge in [-0.1, -0.05) is 50.1 Å². The van der Waals surface area contributed by atoms with Crippen molar-refractivity contribution in [1.29, 1.82) is 0 Å². The highest BCUT2D eigenvalue weighted by molar-refractivity contribution is 6.30. The van der Waals surface area contributed by atoms with Gasteiger partial charge in [-0.05, 0) is 68.5 Å². The number of nitrogens with one attached hydrogen (secondary N) is 1. The number of urea groups is 1. The number of carbonyl (C=O) groups is 3. The lowest BCUT2D eigenvalue weighted by molar-refractivity contribution is -0.151. The predicted octanol–water partition coefficient (Wildman–Crippen LogP) is 5.73. The van der Waals surface area contributed by atoms with Crippen molar-refractivity contribution in [3.8, 4) is 0 Å². The summed E-state index contributed by atoms with van der Waals surface area (Å²) in [5.74, 6) is -1.03. The molecule has 0 aromatic heterocycles. The van der Waals surface area contributed by atoms with Crippen LogP contribution in [0.1, 0.15) is 58.6 Å². The molecule has 9 heteroatoms. The monoisotopic (exact) mass is 543 g/mol.